The lowest BCUT2D eigenvalue weighted by Gasteiger charge is -2.16. The minimum absolute atomic E-state index is 0.257. The normalized spacial score (nSPS) is 11.5. The maximum atomic E-state index is 14.0. The SMILES string of the molecule is COCCN(C)CCNCc1c(C)nn(-c2ccc(F)cc2F)c1C. The van der Waals surface area contributed by atoms with Gasteiger partial charge in [0.25, 0.3) is 0 Å². The van der Waals surface area contributed by atoms with E-state index in [1.54, 1.807) is 7.11 Å². The van der Waals surface area contributed by atoms with Gasteiger partial charge in [-0.05, 0) is 33.0 Å². The van der Waals surface area contributed by atoms with Crippen molar-refractivity contribution in [2.45, 2.75) is 20.4 Å². The third-order valence-corrected chi connectivity index (χ3v) is 4.23. The summed E-state index contributed by atoms with van der Waals surface area (Å²) in [5.41, 5.74) is 2.97. The van der Waals surface area contributed by atoms with Crippen molar-refractivity contribution < 1.29 is 13.5 Å². The van der Waals surface area contributed by atoms with Crippen molar-refractivity contribution in [2.75, 3.05) is 40.4 Å². The van der Waals surface area contributed by atoms with Crippen LogP contribution < -0.4 is 5.32 Å². The Labute approximate surface area is 147 Å². The largest absolute Gasteiger partial charge is 0.383 e. The predicted octanol–water partition coefficient (Wildman–Crippen LogP) is 2.44. The van der Waals surface area contributed by atoms with E-state index in [2.05, 4.69) is 15.3 Å². The Bertz CT molecular complexity index is 703. The van der Waals surface area contributed by atoms with Crippen LogP contribution in [0.3, 0.4) is 0 Å². The number of halogens is 2. The van der Waals surface area contributed by atoms with Crippen molar-refractivity contribution in [3.05, 3.63) is 46.8 Å². The molecule has 1 heterocycles. The molecule has 0 aliphatic carbocycles. The number of hydrogen-bond acceptors (Lipinski definition) is 4. The number of ether oxygens (including phenoxy) is 1. The van der Waals surface area contributed by atoms with Crippen molar-refractivity contribution in [1.82, 2.24) is 20.0 Å². The number of aromatic nitrogens is 2. The minimum atomic E-state index is -0.620. The summed E-state index contributed by atoms with van der Waals surface area (Å²) in [7, 11) is 3.74. The Balaban J connectivity index is 2.00. The molecule has 0 unspecified atom stereocenters. The molecule has 0 fully saturated rings. The van der Waals surface area contributed by atoms with Crippen LogP contribution in [0.1, 0.15) is 17.0 Å². The van der Waals surface area contributed by atoms with Crippen LogP contribution in [-0.2, 0) is 11.3 Å². The van der Waals surface area contributed by atoms with E-state index in [1.165, 1.54) is 16.8 Å². The molecule has 0 saturated carbocycles. The monoisotopic (exact) mass is 352 g/mol. The van der Waals surface area contributed by atoms with Gasteiger partial charge in [-0.15, -0.1) is 0 Å². The third kappa shape index (κ3) is 5.07. The number of nitrogens with one attached hydrogen (secondary N) is 1. The Morgan fingerprint density at radius 2 is 2.00 bits per heavy atom. The van der Waals surface area contributed by atoms with Crippen LogP contribution in [-0.4, -0.2) is 55.1 Å². The molecular formula is C18H26F2N4O. The van der Waals surface area contributed by atoms with E-state index in [4.69, 9.17) is 4.74 Å². The maximum Gasteiger partial charge on any atom is 0.151 e. The van der Waals surface area contributed by atoms with Crippen LogP contribution in [0.5, 0.6) is 0 Å². The highest BCUT2D eigenvalue weighted by Crippen LogP contribution is 2.20. The summed E-state index contributed by atoms with van der Waals surface area (Å²) in [6.45, 7) is 7.77. The lowest BCUT2D eigenvalue weighted by molar-refractivity contribution is 0.161. The lowest BCUT2D eigenvalue weighted by atomic mass is 10.2. The summed E-state index contributed by atoms with van der Waals surface area (Å²) in [4.78, 5) is 2.19. The zero-order valence-corrected chi connectivity index (χ0v) is 15.3. The second-order valence-corrected chi connectivity index (χ2v) is 6.13. The summed E-state index contributed by atoms with van der Waals surface area (Å²) in [5.74, 6) is -1.22. The first-order valence-corrected chi connectivity index (χ1v) is 8.32. The van der Waals surface area contributed by atoms with E-state index >= 15 is 0 Å². The molecule has 0 bridgehead atoms. The summed E-state index contributed by atoms with van der Waals surface area (Å²) >= 11 is 0. The van der Waals surface area contributed by atoms with Gasteiger partial charge in [-0.1, -0.05) is 0 Å². The van der Waals surface area contributed by atoms with Crippen molar-refractivity contribution in [1.29, 1.82) is 0 Å². The van der Waals surface area contributed by atoms with Gasteiger partial charge in [0.15, 0.2) is 5.82 Å². The van der Waals surface area contributed by atoms with Crippen LogP contribution in [0.15, 0.2) is 18.2 Å². The number of likely N-dealkylation sites (N-methyl/N-ethyl adjacent to an activating group) is 1. The first kappa shape index (κ1) is 19.5. The zero-order chi connectivity index (χ0) is 18.4. The van der Waals surface area contributed by atoms with Crippen LogP contribution in [0.4, 0.5) is 8.78 Å². The highest BCUT2D eigenvalue weighted by molar-refractivity contribution is 5.38. The lowest BCUT2D eigenvalue weighted by Crippen LogP contribution is -2.31. The fourth-order valence-corrected chi connectivity index (χ4v) is 2.66. The van der Waals surface area contributed by atoms with Crippen molar-refractivity contribution in [3.63, 3.8) is 0 Å². The molecule has 7 heteroatoms. The molecule has 0 aliphatic rings. The Morgan fingerprint density at radius 3 is 2.68 bits per heavy atom. The maximum absolute atomic E-state index is 14.0. The second kappa shape index (κ2) is 9.03. The van der Waals surface area contributed by atoms with Gasteiger partial charge in [0.2, 0.25) is 0 Å². The summed E-state index contributed by atoms with van der Waals surface area (Å²) in [6, 6.07) is 3.52. The highest BCUT2D eigenvalue weighted by Gasteiger charge is 2.15. The summed E-state index contributed by atoms with van der Waals surface area (Å²) < 4.78 is 33.7. The smallest absolute Gasteiger partial charge is 0.151 e. The van der Waals surface area contributed by atoms with Gasteiger partial charge in [0.1, 0.15) is 11.5 Å². The molecule has 0 saturated heterocycles. The molecule has 1 N–H and O–H groups in total. The molecule has 138 valence electrons. The summed E-state index contributed by atoms with van der Waals surface area (Å²) in [5, 5.41) is 7.80. The van der Waals surface area contributed by atoms with Gasteiger partial charge in [0.05, 0.1) is 12.3 Å². The molecule has 0 atom stereocenters. The fraction of sp³-hybridized carbons (Fsp3) is 0.500. The van der Waals surface area contributed by atoms with E-state index in [0.29, 0.717) is 13.2 Å². The predicted molar refractivity (Wildman–Crippen MR) is 94.0 cm³/mol. The standard InChI is InChI=1S/C18H26F2N4O/c1-13-16(12-21-7-8-23(3)9-10-25-4)14(2)24(22-13)18-6-5-15(19)11-17(18)20/h5-6,11,21H,7-10,12H2,1-4H3. The van der Waals surface area contributed by atoms with Gasteiger partial charge in [-0.3, -0.25) is 0 Å². The molecule has 0 radical (unpaired) electrons. The van der Waals surface area contributed by atoms with Crippen LogP contribution >= 0.6 is 0 Å². The molecule has 0 aliphatic heterocycles. The average molecular weight is 352 g/mol. The molecule has 2 aromatic rings. The third-order valence-electron chi connectivity index (χ3n) is 4.23. The quantitative estimate of drug-likeness (QED) is 0.704. The van der Waals surface area contributed by atoms with Gasteiger partial charge >= 0.3 is 0 Å². The number of hydrogen-bond donors (Lipinski definition) is 1. The van der Waals surface area contributed by atoms with Crippen molar-refractivity contribution in [2.24, 2.45) is 0 Å². The second-order valence-electron chi connectivity index (χ2n) is 6.13. The molecule has 2 rings (SSSR count). The molecule has 1 aromatic heterocycles. The number of rotatable bonds is 9. The van der Waals surface area contributed by atoms with E-state index < -0.39 is 11.6 Å². The molecule has 1 aromatic carbocycles. The molecule has 5 nitrogen and oxygen atoms in total. The molecular weight excluding hydrogens is 326 g/mol. The topological polar surface area (TPSA) is 42.3 Å². The molecule has 0 spiro atoms. The summed E-state index contributed by atoms with van der Waals surface area (Å²) in [6.07, 6.45) is 0. The average Bonchev–Trinajstić information content (AvgIpc) is 2.84. The fourth-order valence-electron chi connectivity index (χ4n) is 2.66. The van der Waals surface area contributed by atoms with Crippen LogP contribution in [0, 0.1) is 25.5 Å². The number of benzene rings is 1. The van der Waals surface area contributed by atoms with E-state index in [0.717, 1.165) is 42.7 Å². The van der Waals surface area contributed by atoms with E-state index in [-0.39, 0.29) is 5.69 Å². The first-order chi connectivity index (χ1) is 11.9. The van der Waals surface area contributed by atoms with Gasteiger partial charge in [-0.2, -0.15) is 5.10 Å². The van der Waals surface area contributed by atoms with Crippen LogP contribution in [0.25, 0.3) is 5.69 Å². The van der Waals surface area contributed by atoms with E-state index in [1.807, 2.05) is 20.9 Å². The molecule has 0 amide bonds. The molecule has 25 heavy (non-hydrogen) atoms. The minimum Gasteiger partial charge on any atom is -0.383 e. The van der Waals surface area contributed by atoms with Crippen molar-refractivity contribution >= 4 is 0 Å². The Kier molecular flexibility index (Phi) is 7.04. The Hall–Kier alpha value is -1.83. The van der Waals surface area contributed by atoms with Gasteiger partial charge in [0, 0.05) is 50.6 Å². The Morgan fingerprint density at radius 1 is 1.24 bits per heavy atom. The number of aryl methyl sites for hydroxylation is 1. The van der Waals surface area contributed by atoms with Gasteiger partial charge < -0.3 is 15.0 Å². The number of nitrogens with zero attached hydrogens (tertiary/aromatic N) is 3. The zero-order valence-electron chi connectivity index (χ0n) is 15.3. The van der Waals surface area contributed by atoms with Crippen LogP contribution in [0.2, 0.25) is 0 Å². The van der Waals surface area contributed by atoms with E-state index in [9.17, 15) is 8.78 Å². The number of methoxy groups -OCH3 is 1. The van der Waals surface area contributed by atoms with Gasteiger partial charge in [-0.25, -0.2) is 13.5 Å². The first-order valence-electron chi connectivity index (χ1n) is 8.32. The highest BCUT2D eigenvalue weighted by atomic mass is 19.1. The van der Waals surface area contributed by atoms with Crippen molar-refractivity contribution in [3.8, 4) is 5.69 Å².